The lowest BCUT2D eigenvalue weighted by atomic mass is 9.91. The molecule has 0 saturated carbocycles. The maximum Gasteiger partial charge on any atom is 0.136 e. The van der Waals surface area contributed by atoms with E-state index in [1.807, 2.05) is 0 Å². The highest BCUT2D eigenvalue weighted by Gasteiger charge is 2.52. The molecule has 3 heteroatoms. The van der Waals surface area contributed by atoms with E-state index in [1.54, 1.807) is 0 Å². The lowest BCUT2D eigenvalue weighted by molar-refractivity contribution is -0.116. The van der Waals surface area contributed by atoms with E-state index in [-0.39, 0.29) is 11.1 Å². The summed E-state index contributed by atoms with van der Waals surface area (Å²) in [6.45, 7) is 11.7. The molecule has 2 rings (SSSR count). The van der Waals surface area contributed by atoms with Gasteiger partial charge in [-0.2, -0.15) is 0 Å². The lowest BCUT2D eigenvalue weighted by Crippen LogP contribution is -2.66. The van der Waals surface area contributed by atoms with Crippen molar-refractivity contribution >= 4 is 14.5 Å². The summed E-state index contributed by atoms with van der Waals surface area (Å²) in [6, 6.07) is 11.2. The Balaban J connectivity index is 2.32. The molecule has 0 N–H and O–H groups in total. The third-order valence-corrected chi connectivity index (χ3v) is 10.6. The van der Waals surface area contributed by atoms with E-state index in [0.717, 1.165) is 12.7 Å². The van der Waals surface area contributed by atoms with Crippen molar-refractivity contribution in [2.45, 2.75) is 57.4 Å². The van der Waals surface area contributed by atoms with Crippen LogP contribution in [0.3, 0.4) is 0 Å². The van der Waals surface area contributed by atoms with Crippen LogP contribution in [0.5, 0.6) is 0 Å². The van der Waals surface area contributed by atoms with Crippen molar-refractivity contribution in [3.05, 3.63) is 35.9 Å². The minimum atomic E-state index is -1.65. The monoisotopic (exact) mass is 275 g/mol. The van der Waals surface area contributed by atoms with Gasteiger partial charge in [-0.25, -0.2) is 0 Å². The SMILES string of the molecule is CC(C)(C)[Si](C)(C)N1C(C=O)CC1c1ccccc1. The summed E-state index contributed by atoms with van der Waals surface area (Å²) in [6.07, 6.45) is 2.11. The zero-order valence-electron chi connectivity index (χ0n) is 12.7. The number of nitrogens with zero attached hydrogens (tertiary/aromatic N) is 1. The highest BCUT2D eigenvalue weighted by atomic mass is 28.3. The molecule has 104 valence electrons. The van der Waals surface area contributed by atoms with Crippen LogP contribution in [0.15, 0.2) is 30.3 Å². The average molecular weight is 275 g/mol. The number of hydrogen-bond acceptors (Lipinski definition) is 2. The van der Waals surface area contributed by atoms with Crippen molar-refractivity contribution in [3.63, 3.8) is 0 Å². The normalized spacial score (nSPS) is 24.9. The Kier molecular flexibility index (Phi) is 3.71. The van der Waals surface area contributed by atoms with Gasteiger partial charge in [0, 0.05) is 6.04 Å². The fourth-order valence-electron chi connectivity index (χ4n) is 2.83. The number of benzene rings is 1. The average Bonchev–Trinajstić information content (AvgIpc) is 2.27. The molecule has 2 atom stereocenters. The van der Waals surface area contributed by atoms with Crippen LogP contribution in [0, 0.1) is 0 Å². The van der Waals surface area contributed by atoms with Gasteiger partial charge in [0.15, 0.2) is 0 Å². The molecule has 1 fully saturated rings. The molecule has 2 unspecified atom stereocenters. The second-order valence-electron chi connectivity index (χ2n) is 7.08. The van der Waals surface area contributed by atoms with Crippen LogP contribution in [0.2, 0.25) is 18.1 Å². The Hall–Kier alpha value is -0.933. The minimum Gasteiger partial charge on any atom is -0.308 e. The van der Waals surface area contributed by atoms with Crippen LogP contribution >= 0.6 is 0 Å². The second kappa shape index (κ2) is 4.87. The second-order valence-corrected chi connectivity index (χ2v) is 12.2. The molecular weight excluding hydrogens is 250 g/mol. The van der Waals surface area contributed by atoms with E-state index in [4.69, 9.17) is 0 Å². The van der Waals surface area contributed by atoms with Crippen molar-refractivity contribution < 1.29 is 4.79 Å². The van der Waals surface area contributed by atoms with E-state index >= 15 is 0 Å². The Morgan fingerprint density at radius 2 is 1.79 bits per heavy atom. The summed E-state index contributed by atoms with van der Waals surface area (Å²) in [5.41, 5.74) is 1.35. The van der Waals surface area contributed by atoms with Gasteiger partial charge in [0.1, 0.15) is 14.5 Å². The predicted molar refractivity (Wildman–Crippen MR) is 82.7 cm³/mol. The van der Waals surface area contributed by atoms with Crippen LogP contribution in [-0.4, -0.2) is 25.1 Å². The molecule has 1 aromatic rings. The zero-order chi connectivity index (χ0) is 14.3. The summed E-state index contributed by atoms with van der Waals surface area (Å²) in [7, 11) is -1.65. The molecule has 0 aliphatic carbocycles. The highest BCUT2D eigenvalue weighted by molar-refractivity contribution is 6.77. The number of carbonyl (C=O) groups is 1. The largest absolute Gasteiger partial charge is 0.308 e. The van der Waals surface area contributed by atoms with Gasteiger partial charge in [-0.3, -0.25) is 0 Å². The topological polar surface area (TPSA) is 20.3 Å². The Morgan fingerprint density at radius 3 is 2.26 bits per heavy atom. The molecule has 1 saturated heterocycles. The molecule has 1 heterocycles. The van der Waals surface area contributed by atoms with Crippen molar-refractivity contribution in [1.82, 2.24) is 4.57 Å². The highest BCUT2D eigenvalue weighted by Crippen LogP contribution is 2.49. The molecule has 1 aliphatic rings. The van der Waals surface area contributed by atoms with Crippen LogP contribution in [0.25, 0.3) is 0 Å². The van der Waals surface area contributed by atoms with Gasteiger partial charge in [0.2, 0.25) is 0 Å². The van der Waals surface area contributed by atoms with Crippen molar-refractivity contribution in [2.75, 3.05) is 0 Å². The molecule has 0 amide bonds. The summed E-state index contributed by atoms with van der Waals surface area (Å²) >= 11 is 0. The van der Waals surface area contributed by atoms with E-state index in [9.17, 15) is 4.79 Å². The fourth-order valence-corrected chi connectivity index (χ4v) is 5.64. The first-order chi connectivity index (χ1) is 8.79. The minimum absolute atomic E-state index is 0.117. The molecule has 2 nitrogen and oxygen atoms in total. The first-order valence-electron chi connectivity index (χ1n) is 7.07. The molecule has 0 radical (unpaired) electrons. The Morgan fingerprint density at radius 1 is 1.21 bits per heavy atom. The first kappa shape index (κ1) is 14.5. The number of rotatable bonds is 3. The maximum absolute atomic E-state index is 11.3. The molecule has 19 heavy (non-hydrogen) atoms. The van der Waals surface area contributed by atoms with Gasteiger partial charge in [0.05, 0.1) is 6.04 Å². The number of hydrogen-bond donors (Lipinski definition) is 0. The quantitative estimate of drug-likeness (QED) is 0.614. The van der Waals surface area contributed by atoms with Crippen LogP contribution in [-0.2, 0) is 4.79 Å². The van der Waals surface area contributed by atoms with Crippen LogP contribution in [0.1, 0.15) is 38.8 Å². The summed E-state index contributed by atoms with van der Waals surface area (Å²) in [5.74, 6) is 0. The van der Waals surface area contributed by atoms with Crippen molar-refractivity contribution in [1.29, 1.82) is 0 Å². The van der Waals surface area contributed by atoms with Crippen molar-refractivity contribution in [3.8, 4) is 0 Å². The zero-order valence-corrected chi connectivity index (χ0v) is 13.7. The number of aldehydes is 1. The van der Waals surface area contributed by atoms with Crippen LogP contribution in [0.4, 0.5) is 0 Å². The van der Waals surface area contributed by atoms with Crippen molar-refractivity contribution in [2.24, 2.45) is 0 Å². The summed E-state index contributed by atoms with van der Waals surface area (Å²) in [5, 5.41) is 0.266. The third-order valence-electron chi connectivity index (χ3n) is 4.98. The Bertz CT molecular complexity index is 450. The Labute approximate surface area is 117 Å². The molecule has 1 aliphatic heterocycles. The van der Waals surface area contributed by atoms with Gasteiger partial charge < -0.3 is 9.36 Å². The van der Waals surface area contributed by atoms with E-state index in [1.165, 1.54) is 5.56 Å². The fraction of sp³-hybridized carbons (Fsp3) is 0.562. The molecule has 0 aromatic heterocycles. The molecule has 0 bridgehead atoms. The lowest BCUT2D eigenvalue weighted by Gasteiger charge is -2.58. The number of carbonyl (C=O) groups excluding carboxylic acids is 1. The standard InChI is InChI=1S/C16H25NOSi/c1-16(2,3)19(4,5)17-14(12-18)11-15(17)13-9-7-6-8-10-13/h6-10,12,14-15H,11H2,1-5H3. The smallest absolute Gasteiger partial charge is 0.136 e. The first-order valence-corrected chi connectivity index (χ1v) is 10.0. The molecule has 1 aromatic carbocycles. The van der Waals surface area contributed by atoms with E-state index in [0.29, 0.717) is 6.04 Å². The van der Waals surface area contributed by atoms with E-state index < -0.39 is 8.24 Å². The van der Waals surface area contributed by atoms with Gasteiger partial charge >= 0.3 is 0 Å². The van der Waals surface area contributed by atoms with Gasteiger partial charge in [-0.05, 0) is 17.0 Å². The van der Waals surface area contributed by atoms with Gasteiger partial charge in [-0.15, -0.1) is 0 Å². The molecular formula is C16H25NOSi. The van der Waals surface area contributed by atoms with Crippen LogP contribution < -0.4 is 0 Å². The maximum atomic E-state index is 11.3. The third kappa shape index (κ3) is 2.41. The molecule has 0 spiro atoms. The summed E-state index contributed by atoms with van der Waals surface area (Å²) < 4.78 is 2.52. The van der Waals surface area contributed by atoms with Gasteiger partial charge in [-0.1, -0.05) is 64.2 Å². The van der Waals surface area contributed by atoms with Gasteiger partial charge in [0.25, 0.3) is 0 Å². The summed E-state index contributed by atoms with van der Waals surface area (Å²) in [4.78, 5) is 11.3. The predicted octanol–water partition coefficient (Wildman–Crippen LogP) is 4.01. The van der Waals surface area contributed by atoms with E-state index in [2.05, 4.69) is 68.8 Å².